The number of thiocarbonyl (C=S) groups is 1. The standard InChI is InChI=1S/C16H19N3S/c1-11-7-4-5-9-14(11)13(3)18-16(20)19-15-12(2)8-6-10-17-15/h4-10,13H,1-3H3,(H2,17,18,19,20)/t13-/m1/s1. The van der Waals surface area contributed by atoms with Crippen molar-refractivity contribution >= 4 is 23.1 Å². The van der Waals surface area contributed by atoms with E-state index in [4.69, 9.17) is 12.2 Å². The molecule has 0 fully saturated rings. The molecule has 0 unspecified atom stereocenters. The number of aromatic nitrogens is 1. The maximum absolute atomic E-state index is 5.35. The Kier molecular flexibility index (Phi) is 4.69. The fourth-order valence-corrected chi connectivity index (χ4v) is 2.38. The number of hydrogen-bond acceptors (Lipinski definition) is 2. The highest BCUT2D eigenvalue weighted by molar-refractivity contribution is 7.80. The molecule has 20 heavy (non-hydrogen) atoms. The minimum atomic E-state index is 0.153. The van der Waals surface area contributed by atoms with E-state index in [0.717, 1.165) is 11.4 Å². The normalized spacial score (nSPS) is 11.8. The van der Waals surface area contributed by atoms with Gasteiger partial charge in [-0.05, 0) is 55.7 Å². The van der Waals surface area contributed by atoms with Crippen LogP contribution in [0.15, 0.2) is 42.6 Å². The minimum Gasteiger partial charge on any atom is -0.356 e. The Bertz CT molecular complexity index is 610. The van der Waals surface area contributed by atoms with Crippen LogP contribution in [-0.4, -0.2) is 10.1 Å². The molecule has 0 saturated heterocycles. The molecule has 2 N–H and O–H groups in total. The van der Waals surface area contributed by atoms with Crippen LogP contribution in [0, 0.1) is 13.8 Å². The van der Waals surface area contributed by atoms with Crippen LogP contribution in [0.5, 0.6) is 0 Å². The Labute approximate surface area is 125 Å². The second-order valence-electron chi connectivity index (χ2n) is 4.85. The molecular weight excluding hydrogens is 266 g/mol. The van der Waals surface area contributed by atoms with Gasteiger partial charge in [-0.2, -0.15) is 0 Å². The summed E-state index contributed by atoms with van der Waals surface area (Å²) in [5.41, 5.74) is 3.57. The van der Waals surface area contributed by atoms with Crippen molar-refractivity contribution in [2.24, 2.45) is 0 Å². The second-order valence-corrected chi connectivity index (χ2v) is 5.25. The van der Waals surface area contributed by atoms with Gasteiger partial charge in [-0.15, -0.1) is 0 Å². The van der Waals surface area contributed by atoms with Crippen molar-refractivity contribution in [2.75, 3.05) is 5.32 Å². The van der Waals surface area contributed by atoms with E-state index in [2.05, 4.69) is 41.6 Å². The quantitative estimate of drug-likeness (QED) is 0.842. The van der Waals surface area contributed by atoms with Gasteiger partial charge in [0.1, 0.15) is 5.82 Å². The molecule has 104 valence electrons. The van der Waals surface area contributed by atoms with Gasteiger partial charge in [0.15, 0.2) is 5.11 Å². The summed E-state index contributed by atoms with van der Waals surface area (Å²) in [4.78, 5) is 4.28. The summed E-state index contributed by atoms with van der Waals surface area (Å²) in [6, 6.07) is 12.4. The van der Waals surface area contributed by atoms with Crippen molar-refractivity contribution in [1.82, 2.24) is 10.3 Å². The summed E-state index contributed by atoms with van der Waals surface area (Å²) in [6.45, 7) is 6.21. The van der Waals surface area contributed by atoms with E-state index >= 15 is 0 Å². The molecule has 3 nitrogen and oxygen atoms in total. The van der Waals surface area contributed by atoms with Gasteiger partial charge in [-0.3, -0.25) is 0 Å². The van der Waals surface area contributed by atoms with Crippen LogP contribution in [0.3, 0.4) is 0 Å². The Morgan fingerprint density at radius 1 is 1.10 bits per heavy atom. The van der Waals surface area contributed by atoms with Crippen molar-refractivity contribution in [3.05, 3.63) is 59.3 Å². The first-order chi connectivity index (χ1) is 9.58. The van der Waals surface area contributed by atoms with E-state index in [0.29, 0.717) is 5.11 Å². The highest BCUT2D eigenvalue weighted by Crippen LogP contribution is 2.17. The molecule has 1 aromatic carbocycles. The van der Waals surface area contributed by atoms with Gasteiger partial charge < -0.3 is 10.6 Å². The molecule has 0 radical (unpaired) electrons. The highest BCUT2D eigenvalue weighted by Gasteiger charge is 2.09. The molecule has 2 rings (SSSR count). The van der Waals surface area contributed by atoms with E-state index in [1.165, 1.54) is 11.1 Å². The third-order valence-electron chi connectivity index (χ3n) is 3.24. The van der Waals surface area contributed by atoms with E-state index in [1.54, 1.807) is 6.20 Å². The smallest absolute Gasteiger partial charge is 0.172 e. The molecule has 0 saturated carbocycles. The lowest BCUT2D eigenvalue weighted by molar-refractivity contribution is 0.717. The number of hydrogen-bond donors (Lipinski definition) is 2. The Balaban J connectivity index is 2.02. The van der Waals surface area contributed by atoms with Gasteiger partial charge in [0.2, 0.25) is 0 Å². The first-order valence-electron chi connectivity index (χ1n) is 6.62. The van der Waals surface area contributed by atoms with Gasteiger partial charge in [-0.1, -0.05) is 30.3 Å². The molecular formula is C16H19N3S. The van der Waals surface area contributed by atoms with Crippen LogP contribution in [0.1, 0.15) is 29.7 Å². The number of nitrogens with one attached hydrogen (secondary N) is 2. The summed E-state index contributed by atoms with van der Waals surface area (Å²) in [6.07, 6.45) is 1.75. The largest absolute Gasteiger partial charge is 0.356 e. The molecule has 1 heterocycles. The molecule has 1 atom stereocenters. The van der Waals surface area contributed by atoms with Crippen LogP contribution in [-0.2, 0) is 0 Å². The third-order valence-corrected chi connectivity index (χ3v) is 3.46. The predicted octanol–water partition coefficient (Wildman–Crippen LogP) is 3.75. The number of anilines is 1. The van der Waals surface area contributed by atoms with Crippen molar-refractivity contribution in [3.63, 3.8) is 0 Å². The summed E-state index contributed by atoms with van der Waals surface area (Å²) in [5.74, 6) is 0.794. The summed E-state index contributed by atoms with van der Waals surface area (Å²) in [7, 11) is 0. The molecule has 4 heteroatoms. The molecule has 0 bridgehead atoms. The number of rotatable bonds is 3. The summed E-state index contributed by atoms with van der Waals surface area (Å²) in [5, 5.41) is 7.02. The minimum absolute atomic E-state index is 0.153. The van der Waals surface area contributed by atoms with E-state index in [9.17, 15) is 0 Å². The second kappa shape index (κ2) is 6.48. The lowest BCUT2D eigenvalue weighted by atomic mass is 10.0. The van der Waals surface area contributed by atoms with Crippen molar-refractivity contribution in [1.29, 1.82) is 0 Å². The molecule has 0 aliphatic rings. The first-order valence-corrected chi connectivity index (χ1v) is 7.03. The van der Waals surface area contributed by atoms with Crippen molar-refractivity contribution in [2.45, 2.75) is 26.8 Å². The molecule has 0 spiro atoms. The fourth-order valence-electron chi connectivity index (χ4n) is 2.11. The zero-order chi connectivity index (χ0) is 14.5. The number of benzene rings is 1. The van der Waals surface area contributed by atoms with E-state index in [1.807, 2.05) is 31.2 Å². The van der Waals surface area contributed by atoms with E-state index < -0.39 is 0 Å². The fraction of sp³-hybridized carbons (Fsp3) is 0.250. The maximum Gasteiger partial charge on any atom is 0.172 e. The number of aryl methyl sites for hydroxylation is 2. The number of nitrogens with zero attached hydrogens (tertiary/aromatic N) is 1. The number of pyridine rings is 1. The lowest BCUT2D eigenvalue weighted by Crippen LogP contribution is -2.31. The van der Waals surface area contributed by atoms with Crippen LogP contribution < -0.4 is 10.6 Å². The van der Waals surface area contributed by atoms with Crippen LogP contribution in [0.4, 0.5) is 5.82 Å². The molecule has 0 aliphatic heterocycles. The average molecular weight is 285 g/mol. The Morgan fingerprint density at radius 2 is 1.80 bits per heavy atom. The lowest BCUT2D eigenvalue weighted by Gasteiger charge is -2.19. The molecule has 2 aromatic rings. The topological polar surface area (TPSA) is 37.0 Å². The van der Waals surface area contributed by atoms with E-state index in [-0.39, 0.29) is 6.04 Å². The monoisotopic (exact) mass is 285 g/mol. The molecule has 1 aromatic heterocycles. The van der Waals surface area contributed by atoms with Crippen LogP contribution >= 0.6 is 12.2 Å². The summed E-state index contributed by atoms with van der Waals surface area (Å²) >= 11 is 5.35. The van der Waals surface area contributed by atoms with Gasteiger partial charge >= 0.3 is 0 Å². The molecule has 0 aliphatic carbocycles. The average Bonchev–Trinajstić information content (AvgIpc) is 2.41. The van der Waals surface area contributed by atoms with Crippen LogP contribution in [0.25, 0.3) is 0 Å². The van der Waals surface area contributed by atoms with Crippen molar-refractivity contribution in [3.8, 4) is 0 Å². The zero-order valence-electron chi connectivity index (χ0n) is 12.0. The highest BCUT2D eigenvalue weighted by atomic mass is 32.1. The van der Waals surface area contributed by atoms with Gasteiger partial charge in [0, 0.05) is 6.20 Å². The SMILES string of the molecule is Cc1ccccc1[C@@H](C)NC(=S)Nc1ncccc1C. The van der Waals surface area contributed by atoms with Crippen molar-refractivity contribution < 1.29 is 0 Å². The molecule has 0 amide bonds. The predicted molar refractivity (Wildman–Crippen MR) is 87.9 cm³/mol. The summed E-state index contributed by atoms with van der Waals surface area (Å²) < 4.78 is 0. The van der Waals surface area contributed by atoms with Gasteiger partial charge in [0.25, 0.3) is 0 Å². The first kappa shape index (κ1) is 14.5. The van der Waals surface area contributed by atoms with Gasteiger partial charge in [-0.25, -0.2) is 4.98 Å². The zero-order valence-corrected chi connectivity index (χ0v) is 12.8. The van der Waals surface area contributed by atoms with Crippen LogP contribution in [0.2, 0.25) is 0 Å². The Hall–Kier alpha value is -1.94. The Morgan fingerprint density at radius 3 is 2.50 bits per heavy atom. The maximum atomic E-state index is 5.35. The van der Waals surface area contributed by atoms with Gasteiger partial charge in [0.05, 0.1) is 6.04 Å². The third kappa shape index (κ3) is 3.54.